The van der Waals surface area contributed by atoms with E-state index in [1.165, 1.54) is 5.57 Å². The van der Waals surface area contributed by atoms with Crippen LogP contribution in [0.1, 0.15) is 45.2 Å². The number of aliphatic imine (C=N–C) groups is 1. The van der Waals surface area contributed by atoms with Crippen LogP contribution in [0.5, 0.6) is 0 Å². The predicted octanol–water partition coefficient (Wildman–Crippen LogP) is 5.59. The molecular weight excluding hydrogens is 470 g/mol. The molecule has 0 radical (unpaired) electrons. The van der Waals surface area contributed by atoms with E-state index in [4.69, 9.17) is 16.5 Å². The Labute approximate surface area is 226 Å². The average Bonchev–Trinajstić information content (AvgIpc) is 3.39. The van der Waals surface area contributed by atoms with Gasteiger partial charge in [0.05, 0.1) is 5.69 Å². The van der Waals surface area contributed by atoms with E-state index in [0.717, 1.165) is 54.3 Å². The molecule has 1 atom stereocenters. The third-order valence-electron chi connectivity index (χ3n) is 7.10. The molecule has 0 saturated carbocycles. The molecule has 1 amide bonds. The molecule has 6 nitrogen and oxygen atoms in total. The molecule has 1 aliphatic carbocycles. The lowest BCUT2D eigenvalue weighted by Crippen LogP contribution is -2.49. The normalized spacial score (nSPS) is 18.6. The lowest BCUT2D eigenvalue weighted by atomic mass is 9.93. The summed E-state index contributed by atoms with van der Waals surface area (Å²) in [6, 6.07) is 12.2. The lowest BCUT2D eigenvalue weighted by molar-refractivity contribution is -0.133. The fourth-order valence-corrected chi connectivity index (χ4v) is 4.81. The van der Waals surface area contributed by atoms with E-state index < -0.39 is 0 Å². The number of benzene rings is 1. The minimum Gasteiger partial charge on any atom is -0.353 e. The molecule has 1 aromatic carbocycles. The summed E-state index contributed by atoms with van der Waals surface area (Å²) < 4.78 is 1.87. The van der Waals surface area contributed by atoms with E-state index in [-0.39, 0.29) is 18.4 Å². The minimum atomic E-state index is 0.0799. The van der Waals surface area contributed by atoms with Gasteiger partial charge in [0.2, 0.25) is 5.91 Å². The summed E-state index contributed by atoms with van der Waals surface area (Å²) in [6.07, 6.45) is 19.4. The number of hydrogen-bond donors (Lipinski definition) is 0. The van der Waals surface area contributed by atoms with Crippen molar-refractivity contribution in [3.05, 3.63) is 89.4 Å². The number of carbonyl (C=O) groups excluding carboxylic acids is 1. The molecule has 2 aliphatic rings. The summed E-state index contributed by atoms with van der Waals surface area (Å²) in [6.45, 7) is 9.30. The number of rotatable bonds is 8. The third-order valence-corrected chi connectivity index (χ3v) is 7.10. The highest BCUT2D eigenvalue weighted by Crippen LogP contribution is 2.30. The van der Waals surface area contributed by atoms with E-state index in [9.17, 15) is 4.79 Å². The predicted molar refractivity (Wildman–Crippen MR) is 156 cm³/mol. The summed E-state index contributed by atoms with van der Waals surface area (Å²) in [5.74, 6) is 3.92. The molecule has 1 aromatic heterocycles. The van der Waals surface area contributed by atoms with E-state index in [2.05, 4.69) is 42.9 Å². The van der Waals surface area contributed by atoms with Gasteiger partial charge in [0.15, 0.2) is 0 Å². The number of carbonyl (C=O) groups is 1. The molecule has 1 aliphatic heterocycles. The van der Waals surface area contributed by atoms with Gasteiger partial charge in [-0.25, -0.2) is 4.99 Å². The fraction of sp³-hybridized carbons (Fsp3) is 0.344. The van der Waals surface area contributed by atoms with Crippen molar-refractivity contribution in [2.24, 2.45) is 4.99 Å². The number of piperazine rings is 1. The third kappa shape index (κ3) is 6.41. The first-order valence-corrected chi connectivity index (χ1v) is 13.4. The van der Waals surface area contributed by atoms with Crippen LogP contribution in [0.25, 0.3) is 11.3 Å². The first-order valence-electron chi connectivity index (χ1n) is 13.4. The van der Waals surface area contributed by atoms with Gasteiger partial charge in [-0.2, -0.15) is 5.10 Å². The van der Waals surface area contributed by atoms with E-state index in [1.807, 2.05) is 71.3 Å². The van der Waals surface area contributed by atoms with Crippen molar-refractivity contribution in [1.29, 1.82) is 0 Å². The highest BCUT2D eigenvalue weighted by atomic mass is 16.2. The monoisotopic (exact) mass is 507 g/mol. The first kappa shape index (κ1) is 26.9. The number of amides is 1. The summed E-state index contributed by atoms with van der Waals surface area (Å²) in [5, 5.41) is 4.88. The molecule has 1 unspecified atom stereocenters. The summed E-state index contributed by atoms with van der Waals surface area (Å²) in [7, 11) is 0. The van der Waals surface area contributed by atoms with Crippen molar-refractivity contribution < 1.29 is 4.79 Å². The van der Waals surface area contributed by atoms with Crippen LogP contribution in [0, 0.1) is 12.3 Å². The zero-order valence-electron chi connectivity index (χ0n) is 22.7. The largest absolute Gasteiger partial charge is 0.353 e. The van der Waals surface area contributed by atoms with E-state index >= 15 is 0 Å². The van der Waals surface area contributed by atoms with Gasteiger partial charge in [-0.05, 0) is 44.4 Å². The van der Waals surface area contributed by atoms with Crippen molar-refractivity contribution in [2.75, 3.05) is 26.2 Å². The van der Waals surface area contributed by atoms with Crippen LogP contribution in [0.3, 0.4) is 0 Å². The van der Waals surface area contributed by atoms with E-state index in [0.29, 0.717) is 13.1 Å². The van der Waals surface area contributed by atoms with Crippen molar-refractivity contribution in [3.63, 3.8) is 0 Å². The zero-order valence-corrected chi connectivity index (χ0v) is 22.7. The molecule has 6 heteroatoms. The average molecular weight is 508 g/mol. The standard InChI is InChI=1S/C32H37N5O/c1-5-8-17-33-32(25(4)6-2)36-20-18-35(19-21-36)31(38)24-37-30(28-16-12-13-26(7-3)22-28)23-29(34-37)27-14-10-9-11-15-27/h3,5,8-15,17,22-23,28H,6,16,18-21,24H2,1-2,4H3/b8-5-,32-25-,33-17-. The first-order chi connectivity index (χ1) is 18.5. The van der Waals surface area contributed by atoms with Crippen LogP contribution in [0.2, 0.25) is 0 Å². The van der Waals surface area contributed by atoms with Crippen LogP contribution < -0.4 is 0 Å². The van der Waals surface area contributed by atoms with Crippen molar-refractivity contribution in [1.82, 2.24) is 19.6 Å². The highest BCUT2D eigenvalue weighted by molar-refractivity contribution is 5.76. The topological polar surface area (TPSA) is 53.7 Å². The SMILES string of the molecule is C#CC1=CC(c2cc(-c3ccccc3)nn2CC(=O)N2CCN(C(/N=C\C=C/C)=C(/C)CC)CC2)CC=C1. The summed E-state index contributed by atoms with van der Waals surface area (Å²) in [5.41, 5.74) is 5.02. The Kier molecular flexibility index (Phi) is 9.16. The Morgan fingerprint density at radius 3 is 2.61 bits per heavy atom. The van der Waals surface area contributed by atoms with Crippen molar-refractivity contribution >= 4 is 12.1 Å². The second-order valence-electron chi connectivity index (χ2n) is 9.62. The number of aromatic nitrogens is 2. The van der Waals surface area contributed by atoms with Crippen LogP contribution in [0.4, 0.5) is 0 Å². The number of allylic oxidation sites excluding steroid dienone is 7. The Morgan fingerprint density at radius 1 is 1.18 bits per heavy atom. The maximum atomic E-state index is 13.5. The second-order valence-corrected chi connectivity index (χ2v) is 9.62. The lowest BCUT2D eigenvalue weighted by Gasteiger charge is -2.36. The molecule has 2 heterocycles. The molecule has 1 saturated heterocycles. The highest BCUT2D eigenvalue weighted by Gasteiger charge is 2.26. The minimum absolute atomic E-state index is 0.0799. The maximum absolute atomic E-state index is 13.5. The van der Waals surface area contributed by atoms with Gasteiger partial charge in [-0.15, -0.1) is 6.42 Å². The smallest absolute Gasteiger partial charge is 0.244 e. The molecule has 1 fully saturated rings. The Hall–Kier alpha value is -4.11. The van der Waals surface area contributed by atoms with E-state index in [1.54, 1.807) is 0 Å². The van der Waals surface area contributed by atoms with Crippen molar-refractivity contribution in [2.45, 2.75) is 46.1 Å². The van der Waals surface area contributed by atoms with Gasteiger partial charge in [-0.3, -0.25) is 9.48 Å². The fourth-order valence-electron chi connectivity index (χ4n) is 4.81. The molecule has 2 aromatic rings. The Bertz CT molecular complexity index is 1310. The molecule has 38 heavy (non-hydrogen) atoms. The molecule has 0 spiro atoms. The van der Waals surface area contributed by atoms with Gasteiger partial charge in [0.25, 0.3) is 0 Å². The van der Waals surface area contributed by atoms with Gasteiger partial charge >= 0.3 is 0 Å². The second kappa shape index (κ2) is 12.9. The molecule has 196 valence electrons. The molecule has 4 rings (SSSR count). The Balaban J connectivity index is 1.51. The number of nitrogens with zero attached hydrogens (tertiary/aromatic N) is 5. The van der Waals surface area contributed by atoms with Gasteiger partial charge < -0.3 is 9.80 Å². The summed E-state index contributed by atoms with van der Waals surface area (Å²) >= 11 is 0. The molecular formula is C32H37N5O. The van der Waals surface area contributed by atoms with Gasteiger partial charge in [-0.1, -0.05) is 67.5 Å². The molecule has 0 N–H and O–H groups in total. The maximum Gasteiger partial charge on any atom is 0.244 e. The Morgan fingerprint density at radius 2 is 1.92 bits per heavy atom. The van der Waals surface area contributed by atoms with Crippen LogP contribution in [-0.2, 0) is 11.3 Å². The van der Waals surface area contributed by atoms with Crippen molar-refractivity contribution in [3.8, 4) is 23.6 Å². The zero-order chi connectivity index (χ0) is 26.9. The van der Waals surface area contributed by atoms with Gasteiger partial charge in [0, 0.05) is 55.1 Å². The molecule has 0 bridgehead atoms. The van der Waals surface area contributed by atoms with Crippen LogP contribution in [0.15, 0.2) is 88.7 Å². The van der Waals surface area contributed by atoms with Gasteiger partial charge in [0.1, 0.15) is 12.4 Å². The number of hydrogen-bond acceptors (Lipinski definition) is 4. The quantitative estimate of drug-likeness (QED) is 0.346. The van der Waals surface area contributed by atoms with Crippen LogP contribution >= 0.6 is 0 Å². The number of terminal acetylenes is 1. The van der Waals surface area contributed by atoms with Crippen LogP contribution in [-0.4, -0.2) is 57.9 Å². The summed E-state index contributed by atoms with van der Waals surface area (Å²) in [4.78, 5) is 22.4.